The third-order valence-electron chi connectivity index (χ3n) is 4.82. The molecular weight excluding hydrogens is 391 g/mol. The van der Waals surface area contributed by atoms with Gasteiger partial charge < -0.3 is 14.1 Å². The van der Waals surface area contributed by atoms with Crippen LogP contribution in [0.4, 0.5) is 16.1 Å². The van der Waals surface area contributed by atoms with E-state index < -0.39 is 0 Å². The number of nitrogens with one attached hydrogen (secondary N) is 1. The number of anilines is 2. The number of ether oxygens (including phenoxy) is 1. The molecule has 30 heavy (non-hydrogen) atoms. The molecule has 0 bridgehead atoms. The molecule has 2 amide bonds. The molecule has 8 nitrogen and oxygen atoms in total. The largest absolute Gasteiger partial charge is 0.497 e. The van der Waals surface area contributed by atoms with Crippen LogP contribution in [0, 0.1) is 5.82 Å². The maximum Gasteiger partial charge on any atom is 0.322 e. The van der Waals surface area contributed by atoms with Crippen molar-refractivity contribution in [3.63, 3.8) is 0 Å². The van der Waals surface area contributed by atoms with Gasteiger partial charge in [-0.1, -0.05) is 17.2 Å². The molecule has 1 fully saturated rings. The van der Waals surface area contributed by atoms with Crippen LogP contribution in [-0.2, 0) is 16.0 Å². The third kappa shape index (κ3) is 4.29. The van der Waals surface area contributed by atoms with Gasteiger partial charge in [-0.15, -0.1) is 5.10 Å². The van der Waals surface area contributed by atoms with Crippen LogP contribution in [0.1, 0.15) is 23.8 Å². The summed E-state index contributed by atoms with van der Waals surface area (Å²) < 4.78 is 23.6. The lowest BCUT2D eigenvalue weighted by molar-refractivity contribution is -0.117. The summed E-state index contributed by atoms with van der Waals surface area (Å²) in [7, 11) is 1.58. The molecule has 1 N–H and O–H groups in total. The van der Waals surface area contributed by atoms with Crippen molar-refractivity contribution in [1.29, 1.82) is 0 Å². The molecule has 3 aromatic rings. The summed E-state index contributed by atoms with van der Waals surface area (Å²) in [6.45, 7) is 0.399. The monoisotopic (exact) mass is 410 g/mol. The van der Waals surface area contributed by atoms with Crippen molar-refractivity contribution < 1.29 is 23.1 Å². The fraction of sp³-hybridized carbons (Fsp3) is 0.238. The minimum atomic E-state index is -0.365. The molecule has 0 saturated carbocycles. The van der Waals surface area contributed by atoms with Gasteiger partial charge >= 0.3 is 6.01 Å². The van der Waals surface area contributed by atoms with Crippen molar-refractivity contribution in [2.75, 3.05) is 23.9 Å². The van der Waals surface area contributed by atoms with E-state index >= 15 is 0 Å². The molecule has 1 unspecified atom stereocenters. The van der Waals surface area contributed by atoms with E-state index in [1.807, 2.05) is 12.1 Å². The van der Waals surface area contributed by atoms with Crippen molar-refractivity contribution in [3.8, 4) is 5.75 Å². The number of nitrogens with zero attached hydrogens (tertiary/aromatic N) is 3. The van der Waals surface area contributed by atoms with Gasteiger partial charge in [0.2, 0.25) is 17.7 Å². The molecule has 1 saturated heterocycles. The molecule has 0 spiro atoms. The van der Waals surface area contributed by atoms with E-state index in [0.29, 0.717) is 17.9 Å². The number of amides is 2. The normalized spacial score (nSPS) is 16.0. The molecule has 2 aromatic carbocycles. The second-order valence-electron chi connectivity index (χ2n) is 6.90. The molecule has 1 aliphatic rings. The number of aromatic nitrogens is 2. The van der Waals surface area contributed by atoms with E-state index in [1.54, 1.807) is 24.1 Å². The average Bonchev–Trinajstić information content (AvgIpc) is 3.36. The lowest BCUT2D eigenvalue weighted by Gasteiger charge is -2.16. The number of hydrogen-bond donors (Lipinski definition) is 1. The van der Waals surface area contributed by atoms with Crippen LogP contribution < -0.4 is 15.0 Å². The fourth-order valence-electron chi connectivity index (χ4n) is 3.29. The van der Waals surface area contributed by atoms with Gasteiger partial charge in [0.1, 0.15) is 11.6 Å². The van der Waals surface area contributed by atoms with E-state index in [2.05, 4.69) is 15.5 Å². The highest BCUT2D eigenvalue weighted by Crippen LogP contribution is 2.32. The summed E-state index contributed by atoms with van der Waals surface area (Å²) in [5, 5.41) is 10.4. The first kappa shape index (κ1) is 19.6. The maximum absolute atomic E-state index is 13.0. The van der Waals surface area contributed by atoms with Gasteiger partial charge in [0.25, 0.3) is 0 Å². The van der Waals surface area contributed by atoms with E-state index in [4.69, 9.17) is 9.15 Å². The van der Waals surface area contributed by atoms with Crippen LogP contribution in [0.15, 0.2) is 52.9 Å². The topological polar surface area (TPSA) is 97.6 Å². The Morgan fingerprint density at radius 3 is 2.63 bits per heavy atom. The van der Waals surface area contributed by atoms with Crippen LogP contribution >= 0.6 is 0 Å². The Labute approximate surface area is 171 Å². The number of carbonyl (C=O) groups excluding carboxylic acids is 2. The molecule has 0 radical (unpaired) electrons. The highest BCUT2D eigenvalue weighted by atomic mass is 19.1. The van der Waals surface area contributed by atoms with Crippen molar-refractivity contribution in [2.24, 2.45) is 0 Å². The predicted octanol–water partition coefficient (Wildman–Crippen LogP) is 2.92. The second kappa shape index (κ2) is 8.32. The Morgan fingerprint density at radius 2 is 1.93 bits per heavy atom. The SMILES string of the molecule is COc1ccc(N2CC(c3nnc(NC(=O)Cc4ccc(F)cc4)o3)CC2=O)cc1. The summed E-state index contributed by atoms with van der Waals surface area (Å²) in [5.74, 6) is -0.0499. The molecule has 9 heteroatoms. The zero-order chi connectivity index (χ0) is 21.1. The maximum atomic E-state index is 13.0. The third-order valence-corrected chi connectivity index (χ3v) is 4.82. The Balaban J connectivity index is 1.38. The minimum Gasteiger partial charge on any atom is -0.497 e. The number of hydrogen-bond acceptors (Lipinski definition) is 6. The van der Waals surface area contributed by atoms with E-state index in [1.165, 1.54) is 24.3 Å². The molecule has 4 rings (SSSR count). The first-order chi connectivity index (χ1) is 14.5. The van der Waals surface area contributed by atoms with E-state index in [0.717, 1.165) is 5.69 Å². The summed E-state index contributed by atoms with van der Waals surface area (Å²) in [4.78, 5) is 26.2. The van der Waals surface area contributed by atoms with Crippen molar-refractivity contribution in [2.45, 2.75) is 18.8 Å². The van der Waals surface area contributed by atoms with Gasteiger partial charge in [-0.3, -0.25) is 14.9 Å². The zero-order valence-electron chi connectivity index (χ0n) is 16.2. The second-order valence-corrected chi connectivity index (χ2v) is 6.90. The van der Waals surface area contributed by atoms with Crippen molar-refractivity contribution >= 4 is 23.5 Å². The van der Waals surface area contributed by atoms with Gasteiger partial charge in [0, 0.05) is 18.7 Å². The highest BCUT2D eigenvalue weighted by molar-refractivity contribution is 5.96. The summed E-state index contributed by atoms with van der Waals surface area (Å²) in [5.41, 5.74) is 1.42. The zero-order valence-corrected chi connectivity index (χ0v) is 16.2. The van der Waals surface area contributed by atoms with Gasteiger partial charge in [0.15, 0.2) is 0 Å². The quantitative estimate of drug-likeness (QED) is 0.671. The summed E-state index contributed by atoms with van der Waals surface area (Å²) >= 11 is 0. The lowest BCUT2D eigenvalue weighted by Crippen LogP contribution is -2.24. The summed E-state index contributed by atoms with van der Waals surface area (Å²) in [6, 6.07) is 12.8. The van der Waals surface area contributed by atoms with E-state index in [-0.39, 0.29) is 48.3 Å². The molecule has 1 atom stereocenters. The van der Waals surface area contributed by atoms with E-state index in [9.17, 15) is 14.0 Å². The number of methoxy groups -OCH3 is 1. The molecule has 1 aliphatic heterocycles. The number of benzene rings is 2. The van der Waals surface area contributed by atoms with Crippen LogP contribution in [0.25, 0.3) is 0 Å². The molecule has 154 valence electrons. The van der Waals surface area contributed by atoms with Crippen LogP contribution in [0.2, 0.25) is 0 Å². The lowest BCUT2D eigenvalue weighted by atomic mass is 10.1. The molecule has 2 heterocycles. The molecule has 1 aromatic heterocycles. The Bertz CT molecular complexity index is 1050. The van der Waals surface area contributed by atoms with Gasteiger partial charge in [0.05, 0.1) is 19.4 Å². The first-order valence-corrected chi connectivity index (χ1v) is 9.34. The van der Waals surface area contributed by atoms with Crippen molar-refractivity contribution in [3.05, 3.63) is 65.8 Å². The van der Waals surface area contributed by atoms with Crippen LogP contribution in [0.5, 0.6) is 5.75 Å². The molecule has 0 aliphatic carbocycles. The summed E-state index contributed by atoms with van der Waals surface area (Å²) in [6.07, 6.45) is 0.280. The smallest absolute Gasteiger partial charge is 0.322 e. The fourth-order valence-corrected chi connectivity index (χ4v) is 3.29. The van der Waals surface area contributed by atoms with Crippen molar-refractivity contribution in [1.82, 2.24) is 10.2 Å². The van der Waals surface area contributed by atoms with Gasteiger partial charge in [-0.25, -0.2) is 4.39 Å². The standard InChI is InChI=1S/C21H19FN4O4/c1-29-17-8-6-16(7-9-17)26-12-14(11-19(26)28)20-24-25-21(30-20)23-18(27)10-13-2-4-15(22)5-3-13/h2-9,14H,10-12H2,1H3,(H,23,25,27). The first-order valence-electron chi connectivity index (χ1n) is 9.34. The molecular formula is C21H19FN4O4. The predicted molar refractivity (Wildman–Crippen MR) is 106 cm³/mol. The number of halogens is 1. The highest BCUT2D eigenvalue weighted by Gasteiger charge is 2.35. The minimum absolute atomic E-state index is 0.0348. The van der Waals surface area contributed by atoms with Gasteiger partial charge in [-0.2, -0.15) is 0 Å². The Kier molecular flexibility index (Phi) is 5.42. The Hall–Kier alpha value is -3.75. The average molecular weight is 410 g/mol. The van der Waals surface area contributed by atoms with Gasteiger partial charge in [-0.05, 0) is 42.0 Å². The van der Waals surface area contributed by atoms with Crippen LogP contribution in [0.3, 0.4) is 0 Å². The van der Waals surface area contributed by atoms with Crippen LogP contribution in [-0.4, -0.2) is 35.7 Å². The Morgan fingerprint density at radius 1 is 1.20 bits per heavy atom. The number of rotatable bonds is 6. The number of carbonyl (C=O) groups is 2.